The maximum Gasteiger partial charge on any atom is 0.0736 e. The number of pyridine rings is 1. The largest absolute Gasteiger partial charge is 0.371 e. The number of fused-ring (bicyclic) bond motifs is 1. The molecule has 0 amide bonds. The van der Waals surface area contributed by atoms with Crippen molar-refractivity contribution in [3.8, 4) is 0 Å². The molecule has 0 aliphatic carbocycles. The molecule has 0 bridgehead atoms. The quantitative estimate of drug-likeness (QED) is 0.720. The van der Waals surface area contributed by atoms with Gasteiger partial charge in [0.05, 0.1) is 5.52 Å². The molecule has 94 valence electrons. The molecule has 1 aromatic heterocycles. The van der Waals surface area contributed by atoms with Gasteiger partial charge in [0, 0.05) is 33.4 Å². The van der Waals surface area contributed by atoms with Crippen LogP contribution in [0, 0.1) is 17.4 Å². The van der Waals surface area contributed by atoms with Gasteiger partial charge in [-0.1, -0.05) is 0 Å². The van der Waals surface area contributed by atoms with Crippen molar-refractivity contribution >= 4 is 39.2 Å². The summed E-state index contributed by atoms with van der Waals surface area (Å²) >= 11 is 2.39. The fraction of sp³-hybridized carbons (Fsp3) is 0.400. The Labute approximate surface area is 122 Å². The molecule has 0 saturated carbocycles. The molecule has 1 aliphatic heterocycles. The summed E-state index contributed by atoms with van der Waals surface area (Å²) in [4.78, 5) is 7.18. The summed E-state index contributed by atoms with van der Waals surface area (Å²) in [5, 5.41) is 1.31. The van der Waals surface area contributed by atoms with E-state index in [0.29, 0.717) is 0 Å². The van der Waals surface area contributed by atoms with Crippen molar-refractivity contribution in [2.75, 3.05) is 18.0 Å². The van der Waals surface area contributed by atoms with Crippen LogP contribution in [0.5, 0.6) is 0 Å². The van der Waals surface area contributed by atoms with Crippen LogP contribution in [0.4, 0.5) is 5.69 Å². The van der Waals surface area contributed by atoms with Gasteiger partial charge in [-0.2, -0.15) is 0 Å². The van der Waals surface area contributed by atoms with Gasteiger partial charge in [0.15, 0.2) is 0 Å². The second-order valence-corrected chi connectivity index (χ2v) is 6.26. The van der Waals surface area contributed by atoms with Gasteiger partial charge in [0.1, 0.15) is 0 Å². The number of halogens is 1. The molecule has 3 heteroatoms. The molecule has 1 aromatic carbocycles. The summed E-state index contributed by atoms with van der Waals surface area (Å²) < 4.78 is 1.30. The van der Waals surface area contributed by atoms with Crippen molar-refractivity contribution < 1.29 is 0 Å². The van der Waals surface area contributed by atoms with Crippen LogP contribution >= 0.6 is 22.6 Å². The minimum atomic E-state index is 1.11. The third kappa shape index (κ3) is 2.09. The number of aromatic nitrogens is 1. The number of hydrogen-bond donors (Lipinski definition) is 0. The molecule has 0 N–H and O–H groups in total. The molecule has 0 atom stereocenters. The molecule has 3 rings (SSSR count). The summed E-state index contributed by atoms with van der Waals surface area (Å²) in [6, 6.07) is 6.73. The topological polar surface area (TPSA) is 16.1 Å². The summed E-state index contributed by atoms with van der Waals surface area (Å²) in [5.41, 5.74) is 4.96. The summed E-state index contributed by atoms with van der Waals surface area (Å²) in [5.74, 6) is 0. The van der Waals surface area contributed by atoms with E-state index >= 15 is 0 Å². The summed E-state index contributed by atoms with van der Waals surface area (Å²) in [6.45, 7) is 6.63. The predicted molar refractivity (Wildman–Crippen MR) is 85.4 cm³/mol. The maximum atomic E-state index is 4.68. The number of anilines is 1. The first-order valence-corrected chi connectivity index (χ1v) is 7.55. The van der Waals surface area contributed by atoms with E-state index in [9.17, 15) is 0 Å². The normalized spacial score (nSPS) is 15.6. The van der Waals surface area contributed by atoms with Crippen LogP contribution in [0.15, 0.2) is 18.2 Å². The van der Waals surface area contributed by atoms with Gasteiger partial charge in [0.2, 0.25) is 0 Å². The van der Waals surface area contributed by atoms with E-state index in [1.54, 1.807) is 0 Å². The van der Waals surface area contributed by atoms with Crippen LogP contribution in [0.25, 0.3) is 10.9 Å². The van der Waals surface area contributed by atoms with E-state index in [2.05, 4.69) is 64.5 Å². The Morgan fingerprint density at radius 1 is 1.11 bits per heavy atom. The van der Waals surface area contributed by atoms with Gasteiger partial charge in [0.25, 0.3) is 0 Å². The Bertz CT molecular complexity index is 601. The first kappa shape index (κ1) is 12.2. The van der Waals surface area contributed by atoms with Crippen molar-refractivity contribution in [2.45, 2.75) is 26.7 Å². The first-order valence-electron chi connectivity index (χ1n) is 6.47. The molecular weight excluding hydrogens is 335 g/mol. The second kappa shape index (κ2) is 4.68. The molecule has 1 saturated heterocycles. The maximum absolute atomic E-state index is 4.68. The van der Waals surface area contributed by atoms with E-state index in [1.165, 1.54) is 46.1 Å². The Morgan fingerprint density at radius 3 is 2.56 bits per heavy atom. The number of aryl methyl sites for hydroxylation is 2. The standard InChI is InChI=1S/C15H17IN2/c1-10-7-12-14(9-13(10)16)17-11(2)8-15(12)18-5-3-4-6-18/h7-9H,3-6H2,1-2H3. The van der Waals surface area contributed by atoms with Crippen LogP contribution < -0.4 is 4.90 Å². The van der Waals surface area contributed by atoms with Crippen molar-refractivity contribution in [1.29, 1.82) is 0 Å². The molecule has 1 fully saturated rings. The molecule has 2 nitrogen and oxygen atoms in total. The van der Waals surface area contributed by atoms with Crippen LogP contribution in [-0.4, -0.2) is 18.1 Å². The van der Waals surface area contributed by atoms with Gasteiger partial charge in [-0.3, -0.25) is 4.98 Å². The van der Waals surface area contributed by atoms with Crippen molar-refractivity contribution in [2.24, 2.45) is 0 Å². The SMILES string of the molecule is Cc1cc(N2CCCC2)c2cc(C)c(I)cc2n1. The van der Waals surface area contributed by atoms with E-state index in [0.717, 1.165) is 11.2 Å². The fourth-order valence-electron chi connectivity index (χ4n) is 2.69. The zero-order chi connectivity index (χ0) is 12.7. The third-order valence-corrected chi connectivity index (χ3v) is 4.80. The van der Waals surface area contributed by atoms with Crippen molar-refractivity contribution in [1.82, 2.24) is 4.98 Å². The van der Waals surface area contributed by atoms with E-state index in [1.807, 2.05) is 0 Å². The second-order valence-electron chi connectivity index (χ2n) is 5.10. The third-order valence-electron chi connectivity index (χ3n) is 3.64. The zero-order valence-electron chi connectivity index (χ0n) is 10.8. The first-order chi connectivity index (χ1) is 8.65. The van der Waals surface area contributed by atoms with E-state index < -0.39 is 0 Å². The Kier molecular flexibility index (Phi) is 3.18. The molecule has 1 aliphatic rings. The minimum absolute atomic E-state index is 1.11. The van der Waals surface area contributed by atoms with E-state index in [-0.39, 0.29) is 0 Å². The Hall–Kier alpha value is -0.840. The average Bonchev–Trinajstić information content (AvgIpc) is 2.84. The predicted octanol–water partition coefficient (Wildman–Crippen LogP) is 4.06. The highest BCUT2D eigenvalue weighted by atomic mass is 127. The molecular formula is C15H17IN2. The smallest absolute Gasteiger partial charge is 0.0736 e. The molecule has 2 aromatic rings. The van der Waals surface area contributed by atoms with Crippen molar-refractivity contribution in [3.05, 3.63) is 33.0 Å². The molecule has 0 radical (unpaired) electrons. The summed E-state index contributed by atoms with van der Waals surface area (Å²) in [7, 11) is 0. The lowest BCUT2D eigenvalue weighted by Crippen LogP contribution is -2.18. The Morgan fingerprint density at radius 2 is 1.83 bits per heavy atom. The zero-order valence-corrected chi connectivity index (χ0v) is 13.0. The van der Waals surface area contributed by atoms with Crippen LogP contribution in [0.1, 0.15) is 24.1 Å². The molecule has 0 spiro atoms. The van der Waals surface area contributed by atoms with Crippen molar-refractivity contribution in [3.63, 3.8) is 0 Å². The number of rotatable bonds is 1. The highest BCUT2D eigenvalue weighted by Crippen LogP contribution is 2.31. The highest BCUT2D eigenvalue weighted by molar-refractivity contribution is 14.1. The molecule has 18 heavy (non-hydrogen) atoms. The van der Waals surface area contributed by atoms with E-state index in [4.69, 9.17) is 0 Å². The summed E-state index contributed by atoms with van der Waals surface area (Å²) in [6.07, 6.45) is 2.62. The monoisotopic (exact) mass is 352 g/mol. The highest BCUT2D eigenvalue weighted by Gasteiger charge is 2.16. The number of nitrogens with zero attached hydrogens (tertiary/aromatic N) is 2. The van der Waals surface area contributed by atoms with Gasteiger partial charge in [-0.15, -0.1) is 0 Å². The Balaban J connectivity index is 2.25. The number of benzene rings is 1. The average molecular weight is 352 g/mol. The lowest BCUT2D eigenvalue weighted by Gasteiger charge is -2.20. The fourth-order valence-corrected chi connectivity index (χ4v) is 3.14. The molecule has 2 heterocycles. The lowest BCUT2D eigenvalue weighted by atomic mass is 10.1. The van der Waals surface area contributed by atoms with Gasteiger partial charge < -0.3 is 4.90 Å². The van der Waals surface area contributed by atoms with Crippen LogP contribution in [-0.2, 0) is 0 Å². The number of hydrogen-bond acceptors (Lipinski definition) is 2. The van der Waals surface area contributed by atoms with Crippen LogP contribution in [0.2, 0.25) is 0 Å². The van der Waals surface area contributed by atoms with Gasteiger partial charge in [-0.05, 0) is 73.0 Å². The van der Waals surface area contributed by atoms with Gasteiger partial charge >= 0.3 is 0 Å². The van der Waals surface area contributed by atoms with Crippen LogP contribution in [0.3, 0.4) is 0 Å². The minimum Gasteiger partial charge on any atom is -0.371 e. The lowest BCUT2D eigenvalue weighted by molar-refractivity contribution is 0.949. The molecule has 0 unspecified atom stereocenters. The van der Waals surface area contributed by atoms with Gasteiger partial charge in [-0.25, -0.2) is 0 Å².